The molecular weight excluding hydrogens is 303 g/mol. The Labute approximate surface area is 123 Å². The van der Waals surface area contributed by atoms with Crippen LogP contribution in [0, 0.1) is 11.3 Å². The lowest BCUT2D eigenvalue weighted by Crippen LogP contribution is -2.07. The van der Waals surface area contributed by atoms with Crippen LogP contribution in [-0.4, -0.2) is 9.97 Å². The van der Waals surface area contributed by atoms with E-state index in [9.17, 15) is 13.2 Å². The first-order valence-electron chi connectivity index (χ1n) is 5.67. The van der Waals surface area contributed by atoms with E-state index < -0.39 is 11.9 Å². The highest BCUT2D eigenvalue weighted by molar-refractivity contribution is 6.30. The third-order valence-corrected chi connectivity index (χ3v) is 2.74. The van der Waals surface area contributed by atoms with Gasteiger partial charge >= 0.3 is 6.18 Å². The second kappa shape index (κ2) is 5.94. The highest BCUT2D eigenvalue weighted by Gasteiger charge is 2.31. The van der Waals surface area contributed by atoms with E-state index in [0.717, 1.165) is 12.3 Å². The summed E-state index contributed by atoms with van der Waals surface area (Å²) in [4.78, 5) is 7.30. The summed E-state index contributed by atoms with van der Waals surface area (Å²) < 4.78 is 37.2. The Morgan fingerprint density at radius 3 is 2.38 bits per heavy atom. The van der Waals surface area contributed by atoms with Gasteiger partial charge in [-0.15, -0.1) is 0 Å². The molecule has 0 unspecified atom stereocenters. The Kier molecular flexibility index (Phi) is 4.24. The minimum absolute atomic E-state index is 0.202. The molecule has 0 aliphatic rings. The molecule has 0 saturated heterocycles. The summed E-state index contributed by atoms with van der Waals surface area (Å²) in [5.41, 5.74) is -0.0332. The Balaban J connectivity index is 2.33. The van der Waals surface area contributed by atoms with E-state index in [1.165, 1.54) is 18.3 Å². The fraction of sp³-hybridized carbons (Fsp3) is 0.0714. The number of hydrogen-bond donors (Lipinski definition) is 0. The second-order valence-electron chi connectivity index (χ2n) is 4.01. The van der Waals surface area contributed by atoms with Crippen molar-refractivity contribution in [1.82, 2.24) is 9.97 Å². The van der Waals surface area contributed by atoms with Crippen LogP contribution in [0.4, 0.5) is 13.2 Å². The third-order valence-electron chi connectivity index (χ3n) is 2.51. The third kappa shape index (κ3) is 3.80. The molecule has 3 nitrogen and oxygen atoms in total. The largest absolute Gasteiger partial charge is 0.433 e. The summed E-state index contributed by atoms with van der Waals surface area (Å²) in [6.45, 7) is 0. The maximum absolute atomic E-state index is 12.4. The van der Waals surface area contributed by atoms with E-state index in [-0.39, 0.29) is 5.57 Å². The van der Waals surface area contributed by atoms with E-state index in [1.54, 1.807) is 12.1 Å². The average molecular weight is 310 g/mol. The van der Waals surface area contributed by atoms with Crippen molar-refractivity contribution in [3.63, 3.8) is 0 Å². The molecule has 106 valence electrons. The lowest BCUT2D eigenvalue weighted by molar-refractivity contribution is -0.141. The van der Waals surface area contributed by atoms with Crippen LogP contribution in [0.25, 0.3) is 11.6 Å². The van der Waals surface area contributed by atoms with Crippen LogP contribution in [0.1, 0.15) is 17.0 Å². The van der Waals surface area contributed by atoms with E-state index in [1.807, 2.05) is 6.07 Å². The van der Waals surface area contributed by atoms with Crippen LogP contribution in [0.15, 0.2) is 36.7 Å². The van der Waals surface area contributed by atoms with Crippen LogP contribution in [0.2, 0.25) is 5.02 Å². The van der Waals surface area contributed by atoms with Gasteiger partial charge in [-0.1, -0.05) is 17.7 Å². The van der Waals surface area contributed by atoms with Crippen LogP contribution >= 0.6 is 11.6 Å². The summed E-state index contributed by atoms with van der Waals surface area (Å²) in [6, 6.07) is 7.15. The van der Waals surface area contributed by atoms with Gasteiger partial charge in [0.1, 0.15) is 11.8 Å². The summed E-state index contributed by atoms with van der Waals surface area (Å²) in [5.74, 6) is 0. The average Bonchev–Trinajstić information content (AvgIpc) is 2.45. The van der Waals surface area contributed by atoms with Crippen LogP contribution in [-0.2, 0) is 6.18 Å². The smallest absolute Gasteiger partial charge is 0.254 e. The van der Waals surface area contributed by atoms with Crippen LogP contribution in [0.5, 0.6) is 0 Å². The maximum atomic E-state index is 12.4. The van der Waals surface area contributed by atoms with Gasteiger partial charge in [0.15, 0.2) is 0 Å². The van der Waals surface area contributed by atoms with E-state index in [4.69, 9.17) is 16.9 Å². The molecule has 21 heavy (non-hydrogen) atoms. The lowest BCUT2D eigenvalue weighted by atomic mass is 10.1. The SMILES string of the molecule is N#C/C(=C\c1ccc(C(F)(F)F)nc1)c1ccc(Cl)cn1. The molecular formula is C14H7ClF3N3. The Morgan fingerprint density at radius 2 is 1.90 bits per heavy atom. The Hall–Kier alpha value is -2.39. The molecule has 2 aromatic rings. The van der Waals surface area contributed by atoms with Crippen LogP contribution in [0.3, 0.4) is 0 Å². The Bertz CT molecular complexity index is 698. The first kappa shape index (κ1) is 15.0. The zero-order chi connectivity index (χ0) is 15.5. The highest BCUT2D eigenvalue weighted by atomic mass is 35.5. The molecule has 0 aromatic carbocycles. The van der Waals surface area contributed by atoms with Crippen molar-refractivity contribution < 1.29 is 13.2 Å². The predicted octanol–water partition coefficient (Wildman–Crippen LogP) is 4.21. The number of rotatable bonds is 2. The lowest BCUT2D eigenvalue weighted by Gasteiger charge is -2.05. The van der Waals surface area contributed by atoms with Gasteiger partial charge in [0.05, 0.1) is 16.3 Å². The number of halogens is 4. The fourth-order valence-corrected chi connectivity index (χ4v) is 1.64. The van der Waals surface area contributed by atoms with Gasteiger partial charge in [-0.2, -0.15) is 18.4 Å². The van der Waals surface area contributed by atoms with Crippen molar-refractivity contribution in [2.24, 2.45) is 0 Å². The first-order chi connectivity index (χ1) is 9.90. The van der Waals surface area contributed by atoms with E-state index >= 15 is 0 Å². The molecule has 0 saturated carbocycles. The maximum Gasteiger partial charge on any atom is 0.433 e. The number of pyridine rings is 2. The van der Waals surface area contributed by atoms with Gasteiger partial charge < -0.3 is 0 Å². The number of allylic oxidation sites excluding steroid dienone is 1. The molecule has 0 amide bonds. The molecule has 7 heteroatoms. The van der Waals surface area contributed by atoms with E-state index in [2.05, 4.69) is 9.97 Å². The second-order valence-corrected chi connectivity index (χ2v) is 4.44. The molecule has 2 rings (SSSR count). The molecule has 0 bridgehead atoms. The predicted molar refractivity (Wildman–Crippen MR) is 72.0 cm³/mol. The van der Waals surface area contributed by atoms with Gasteiger partial charge in [0.2, 0.25) is 0 Å². The minimum atomic E-state index is -4.49. The van der Waals surface area contributed by atoms with Gasteiger partial charge in [-0.25, -0.2) is 0 Å². The summed E-state index contributed by atoms with van der Waals surface area (Å²) in [7, 11) is 0. The number of alkyl halides is 3. The van der Waals surface area contributed by atoms with Gasteiger partial charge in [0.25, 0.3) is 0 Å². The molecule has 0 aliphatic carbocycles. The molecule has 2 heterocycles. The highest BCUT2D eigenvalue weighted by Crippen LogP contribution is 2.27. The van der Waals surface area contributed by atoms with Gasteiger partial charge in [-0.05, 0) is 29.8 Å². The monoisotopic (exact) mass is 309 g/mol. The number of hydrogen-bond acceptors (Lipinski definition) is 3. The minimum Gasteiger partial charge on any atom is -0.254 e. The molecule has 0 N–H and O–H groups in total. The fourth-order valence-electron chi connectivity index (χ4n) is 1.52. The summed E-state index contributed by atoms with van der Waals surface area (Å²) in [6.07, 6.45) is -0.648. The van der Waals surface area contributed by atoms with Crippen LogP contribution < -0.4 is 0 Å². The molecule has 2 aromatic heterocycles. The molecule has 0 radical (unpaired) electrons. The standard InChI is InChI=1S/C14H7ClF3N3/c15-11-2-3-12(20-8-11)10(6-19)5-9-1-4-13(21-7-9)14(16,17)18/h1-5,7-8H/b10-5+. The zero-order valence-corrected chi connectivity index (χ0v) is 11.2. The van der Waals surface area contributed by atoms with Crippen molar-refractivity contribution in [2.75, 3.05) is 0 Å². The van der Waals surface area contributed by atoms with Crippen molar-refractivity contribution in [1.29, 1.82) is 5.26 Å². The first-order valence-corrected chi connectivity index (χ1v) is 6.05. The molecule has 0 atom stereocenters. The molecule has 0 spiro atoms. The van der Waals surface area contributed by atoms with Crippen molar-refractivity contribution in [3.05, 3.63) is 58.6 Å². The van der Waals surface area contributed by atoms with E-state index in [0.29, 0.717) is 16.3 Å². The summed E-state index contributed by atoms with van der Waals surface area (Å²) in [5, 5.41) is 9.53. The zero-order valence-electron chi connectivity index (χ0n) is 10.4. The number of nitriles is 1. The normalized spacial score (nSPS) is 12.0. The number of nitrogens with zero attached hydrogens (tertiary/aromatic N) is 3. The topological polar surface area (TPSA) is 49.6 Å². The van der Waals surface area contributed by atoms with Gasteiger partial charge in [-0.3, -0.25) is 9.97 Å². The number of aromatic nitrogens is 2. The molecule has 0 fully saturated rings. The quantitative estimate of drug-likeness (QED) is 0.781. The van der Waals surface area contributed by atoms with Crippen molar-refractivity contribution in [3.8, 4) is 6.07 Å². The van der Waals surface area contributed by atoms with Crippen molar-refractivity contribution >= 4 is 23.3 Å². The summed E-state index contributed by atoms with van der Waals surface area (Å²) >= 11 is 5.70. The Morgan fingerprint density at radius 1 is 1.14 bits per heavy atom. The van der Waals surface area contributed by atoms with Crippen molar-refractivity contribution in [2.45, 2.75) is 6.18 Å². The van der Waals surface area contributed by atoms with Gasteiger partial charge in [0, 0.05) is 12.4 Å². The molecule has 0 aliphatic heterocycles.